The van der Waals surface area contributed by atoms with Crippen molar-refractivity contribution in [2.24, 2.45) is 0 Å². The van der Waals surface area contributed by atoms with E-state index in [4.69, 9.17) is 0 Å². The summed E-state index contributed by atoms with van der Waals surface area (Å²) in [4.78, 5) is 24.9. The van der Waals surface area contributed by atoms with E-state index in [9.17, 15) is 29.3 Å². The molecule has 214 valence electrons. The van der Waals surface area contributed by atoms with E-state index in [1.54, 1.807) is 24.3 Å². The van der Waals surface area contributed by atoms with Crippen LogP contribution in [0.25, 0.3) is 22.4 Å². The minimum absolute atomic E-state index is 0.121. The predicted molar refractivity (Wildman–Crippen MR) is 155 cm³/mol. The van der Waals surface area contributed by atoms with Crippen LogP contribution in [0.4, 0.5) is 10.1 Å². The van der Waals surface area contributed by atoms with Crippen molar-refractivity contribution in [1.82, 2.24) is 4.57 Å². The second kappa shape index (κ2) is 13.4. The number of hydrogen-bond donors (Lipinski definition) is 3. The van der Waals surface area contributed by atoms with E-state index in [1.807, 2.05) is 66.9 Å². The minimum Gasteiger partial charge on any atom is -0.550 e. The monoisotopic (exact) mass is 557 g/mol. The topological polar surface area (TPSA) is 115 Å². The zero-order valence-electron chi connectivity index (χ0n) is 23.1. The Balaban J connectivity index is 1.89. The summed E-state index contributed by atoms with van der Waals surface area (Å²) < 4.78 is 16.0. The molecule has 1 aromatic heterocycles. The van der Waals surface area contributed by atoms with Gasteiger partial charge in [0, 0.05) is 35.9 Å². The molecule has 2 atom stereocenters. The van der Waals surface area contributed by atoms with Crippen LogP contribution in [0.5, 0.6) is 0 Å². The van der Waals surface area contributed by atoms with Crippen LogP contribution >= 0.6 is 0 Å². The molecule has 7 nitrogen and oxygen atoms in total. The Labute approximate surface area is 238 Å². The zero-order valence-corrected chi connectivity index (χ0v) is 23.1. The standard InChI is InChI=1S/C33H35FN2O5/c1-21(2)31-30(33(41)35-25-11-7-4-8-12-25)29(22-9-5-3-6-10-22)32(23-13-15-24(34)16-14-23)36(31)18-17-26(37)19-27(38)20-28(39)40/h3-16,21,26-27,37-38H,17-20H2,1-2H3,(H,35,41)(H,39,40)/p-1/t26?,27-/m1/s1. The number of aliphatic carboxylic acids is 1. The van der Waals surface area contributed by atoms with Gasteiger partial charge < -0.3 is 30.0 Å². The predicted octanol–water partition coefficient (Wildman–Crippen LogP) is 4.98. The van der Waals surface area contributed by atoms with Crippen molar-refractivity contribution in [3.8, 4) is 22.4 Å². The molecule has 8 heteroatoms. The van der Waals surface area contributed by atoms with Crippen molar-refractivity contribution < 1.29 is 29.3 Å². The van der Waals surface area contributed by atoms with Crippen LogP contribution in [-0.4, -0.2) is 38.9 Å². The third-order valence-corrected chi connectivity index (χ3v) is 6.92. The second-order valence-corrected chi connectivity index (χ2v) is 10.4. The summed E-state index contributed by atoms with van der Waals surface area (Å²) in [7, 11) is 0. The number of nitrogens with one attached hydrogen (secondary N) is 1. The number of hydrogen-bond acceptors (Lipinski definition) is 5. The number of aliphatic hydroxyl groups is 2. The molecule has 0 aliphatic rings. The summed E-state index contributed by atoms with van der Waals surface area (Å²) in [5.41, 5.74) is 4.72. The van der Waals surface area contributed by atoms with E-state index in [2.05, 4.69) is 5.32 Å². The number of amides is 1. The summed E-state index contributed by atoms with van der Waals surface area (Å²) >= 11 is 0. The van der Waals surface area contributed by atoms with E-state index < -0.39 is 30.4 Å². The molecular formula is C33H34FN2O5-. The van der Waals surface area contributed by atoms with Crippen molar-refractivity contribution in [3.05, 3.63) is 102 Å². The van der Waals surface area contributed by atoms with Crippen molar-refractivity contribution in [2.45, 2.75) is 57.8 Å². The zero-order chi connectivity index (χ0) is 29.5. The van der Waals surface area contributed by atoms with Gasteiger partial charge in [0.1, 0.15) is 5.82 Å². The van der Waals surface area contributed by atoms with Gasteiger partial charge in [0.2, 0.25) is 0 Å². The van der Waals surface area contributed by atoms with Gasteiger partial charge >= 0.3 is 0 Å². The fourth-order valence-electron chi connectivity index (χ4n) is 5.19. The van der Waals surface area contributed by atoms with Crippen LogP contribution in [0.1, 0.15) is 55.1 Å². The second-order valence-electron chi connectivity index (χ2n) is 10.4. The van der Waals surface area contributed by atoms with E-state index in [-0.39, 0.29) is 31.2 Å². The highest BCUT2D eigenvalue weighted by molar-refractivity contribution is 6.12. The van der Waals surface area contributed by atoms with E-state index in [0.717, 1.165) is 11.3 Å². The number of carboxylic acid groups (broad SMARTS) is 1. The molecule has 1 heterocycles. The van der Waals surface area contributed by atoms with Crippen LogP contribution in [0.15, 0.2) is 84.9 Å². The van der Waals surface area contributed by atoms with Crippen LogP contribution in [0, 0.1) is 5.82 Å². The quantitative estimate of drug-likeness (QED) is 0.227. The summed E-state index contributed by atoms with van der Waals surface area (Å²) in [6.45, 7) is 4.22. The molecule has 0 saturated heterocycles. The Bertz CT molecular complexity index is 1470. The van der Waals surface area contributed by atoms with Gasteiger partial charge in [-0.1, -0.05) is 62.4 Å². The highest BCUT2D eigenvalue weighted by Crippen LogP contribution is 2.42. The lowest BCUT2D eigenvalue weighted by molar-refractivity contribution is -0.307. The molecule has 0 radical (unpaired) electrons. The van der Waals surface area contributed by atoms with Gasteiger partial charge in [0.05, 0.1) is 23.5 Å². The Morgan fingerprint density at radius 1 is 0.878 bits per heavy atom. The number of halogens is 1. The Hall–Kier alpha value is -4.27. The first-order valence-electron chi connectivity index (χ1n) is 13.7. The van der Waals surface area contributed by atoms with Gasteiger partial charge in [-0.25, -0.2) is 4.39 Å². The van der Waals surface area contributed by atoms with Crippen LogP contribution in [0.2, 0.25) is 0 Å². The Morgan fingerprint density at radius 2 is 1.49 bits per heavy atom. The molecule has 3 N–H and O–H groups in total. The van der Waals surface area contributed by atoms with Crippen molar-refractivity contribution in [1.29, 1.82) is 0 Å². The maximum Gasteiger partial charge on any atom is 0.258 e. The van der Waals surface area contributed by atoms with Crippen LogP contribution < -0.4 is 10.4 Å². The average Bonchev–Trinajstić information content (AvgIpc) is 3.28. The highest BCUT2D eigenvalue weighted by atomic mass is 19.1. The third kappa shape index (κ3) is 7.28. The van der Waals surface area contributed by atoms with Crippen molar-refractivity contribution in [2.75, 3.05) is 5.32 Å². The largest absolute Gasteiger partial charge is 0.550 e. The molecule has 4 rings (SSSR count). The lowest BCUT2D eigenvalue weighted by Gasteiger charge is -2.20. The first-order chi connectivity index (χ1) is 19.7. The Morgan fingerprint density at radius 3 is 2.07 bits per heavy atom. The number of carboxylic acids is 1. The Kier molecular flexibility index (Phi) is 9.70. The van der Waals surface area contributed by atoms with Gasteiger partial charge in [-0.2, -0.15) is 0 Å². The summed E-state index contributed by atoms with van der Waals surface area (Å²) in [5.74, 6) is -2.20. The van der Waals surface area contributed by atoms with E-state index in [1.165, 1.54) is 12.1 Å². The minimum atomic E-state index is -1.39. The summed E-state index contributed by atoms with van der Waals surface area (Å²) in [5, 5.41) is 34.6. The molecule has 1 unspecified atom stereocenters. The summed E-state index contributed by atoms with van der Waals surface area (Å²) in [6.07, 6.45) is -2.77. The molecule has 0 fully saturated rings. The fourth-order valence-corrected chi connectivity index (χ4v) is 5.19. The van der Waals surface area contributed by atoms with E-state index >= 15 is 0 Å². The third-order valence-electron chi connectivity index (χ3n) is 6.92. The molecule has 0 saturated carbocycles. The molecular weight excluding hydrogens is 523 g/mol. The number of aliphatic hydroxyl groups excluding tert-OH is 2. The number of carbonyl (C=O) groups excluding carboxylic acids is 2. The molecule has 0 aliphatic carbocycles. The lowest BCUT2D eigenvalue weighted by Crippen LogP contribution is -2.29. The van der Waals surface area contributed by atoms with Crippen LogP contribution in [0.3, 0.4) is 0 Å². The fraction of sp³-hybridized carbons (Fsp3) is 0.273. The highest BCUT2D eigenvalue weighted by Gasteiger charge is 2.30. The molecule has 1 amide bonds. The number of para-hydroxylation sites is 1. The number of anilines is 1. The number of rotatable bonds is 12. The normalized spacial score (nSPS) is 12.7. The van der Waals surface area contributed by atoms with Gasteiger partial charge in [0.25, 0.3) is 5.91 Å². The molecule has 3 aromatic carbocycles. The van der Waals surface area contributed by atoms with Gasteiger partial charge in [-0.05, 0) is 66.3 Å². The number of carbonyl (C=O) groups is 2. The number of benzene rings is 3. The summed E-state index contributed by atoms with van der Waals surface area (Å²) in [6, 6.07) is 24.7. The maximum atomic E-state index is 14.0. The molecule has 4 aromatic rings. The first-order valence-corrected chi connectivity index (χ1v) is 13.7. The average molecular weight is 558 g/mol. The van der Waals surface area contributed by atoms with Gasteiger partial charge in [-0.15, -0.1) is 0 Å². The molecule has 41 heavy (non-hydrogen) atoms. The number of aromatic nitrogens is 1. The molecule has 0 bridgehead atoms. The molecule has 0 spiro atoms. The van der Waals surface area contributed by atoms with Gasteiger partial charge in [-0.3, -0.25) is 4.79 Å². The maximum absolute atomic E-state index is 14.0. The molecule has 0 aliphatic heterocycles. The lowest BCUT2D eigenvalue weighted by atomic mass is 9.94. The number of nitrogens with zero attached hydrogens (tertiary/aromatic N) is 1. The SMILES string of the molecule is CC(C)c1c(C(=O)Nc2ccccc2)c(-c2ccccc2)c(-c2ccc(F)cc2)n1CCC(O)C[C@@H](O)CC(=O)[O-]. The van der Waals surface area contributed by atoms with Crippen molar-refractivity contribution >= 4 is 17.6 Å². The van der Waals surface area contributed by atoms with E-state index in [0.29, 0.717) is 28.1 Å². The first kappa shape index (κ1) is 29.7. The van der Waals surface area contributed by atoms with Gasteiger partial charge in [0.15, 0.2) is 0 Å². The van der Waals surface area contributed by atoms with Crippen LogP contribution in [-0.2, 0) is 11.3 Å². The van der Waals surface area contributed by atoms with Crippen molar-refractivity contribution in [3.63, 3.8) is 0 Å². The smallest absolute Gasteiger partial charge is 0.258 e.